The molecule has 0 saturated heterocycles. The van der Waals surface area contributed by atoms with E-state index in [9.17, 15) is 0 Å². The predicted octanol–water partition coefficient (Wildman–Crippen LogP) is 7.86. The first kappa shape index (κ1) is 19.7. The lowest BCUT2D eigenvalue weighted by Gasteiger charge is -2.19. The molecule has 0 radical (unpaired) electrons. The Morgan fingerprint density at radius 3 is 2.22 bits per heavy atom. The second-order valence-corrected chi connectivity index (χ2v) is 7.80. The number of benzene rings is 2. The van der Waals surface area contributed by atoms with Crippen LogP contribution >= 0.6 is 0 Å². The van der Waals surface area contributed by atoms with Crippen LogP contribution in [0.5, 0.6) is 5.75 Å². The van der Waals surface area contributed by atoms with E-state index in [1.54, 1.807) is 0 Å². The van der Waals surface area contributed by atoms with Gasteiger partial charge in [-0.15, -0.1) is 0 Å². The molecule has 1 nitrogen and oxygen atoms in total. The monoisotopic (exact) mass is 362 g/mol. The van der Waals surface area contributed by atoms with Crippen molar-refractivity contribution in [3.63, 3.8) is 0 Å². The number of unbranched alkanes of at least 4 members (excludes halogenated alkanes) is 4. The molecule has 2 aromatic rings. The fourth-order valence-corrected chi connectivity index (χ4v) is 4.08. The van der Waals surface area contributed by atoms with Gasteiger partial charge in [-0.05, 0) is 42.5 Å². The Morgan fingerprint density at radius 1 is 0.778 bits per heavy atom. The van der Waals surface area contributed by atoms with E-state index in [0.29, 0.717) is 12.0 Å². The fraction of sp³-hybridized carbons (Fsp3) is 0.462. The molecule has 0 saturated carbocycles. The number of fused-ring (bicyclic) bond motifs is 1. The lowest BCUT2D eigenvalue weighted by atomic mass is 9.87. The van der Waals surface area contributed by atoms with Crippen molar-refractivity contribution >= 4 is 12.2 Å². The highest BCUT2D eigenvalue weighted by atomic mass is 16.5. The average molecular weight is 363 g/mol. The standard InChI is InChI=1S/C26H34O/c1-3-5-8-14-23-24-20-22(17-16-21-12-10-7-11-13-21)18-19-26(24)27-25(23)15-9-6-4-2/h7,10-13,16-20,23,25H,3-6,8-9,14-15H2,1-2H3. The van der Waals surface area contributed by atoms with Crippen LogP contribution in [0.4, 0.5) is 0 Å². The Bertz CT molecular complexity index is 716. The summed E-state index contributed by atoms with van der Waals surface area (Å²) in [7, 11) is 0. The highest BCUT2D eigenvalue weighted by molar-refractivity contribution is 5.70. The summed E-state index contributed by atoms with van der Waals surface area (Å²) in [5.74, 6) is 1.68. The van der Waals surface area contributed by atoms with E-state index in [-0.39, 0.29) is 0 Å². The third kappa shape index (κ3) is 5.48. The first-order valence-electron chi connectivity index (χ1n) is 10.9. The quantitative estimate of drug-likeness (QED) is 0.309. The predicted molar refractivity (Wildman–Crippen MR) is 117 cm³/mol. The molecule has 0 spiro atoms. The van der Waals surface area contributed by atoms with Gasteiger partial charge < -0.3 is 4.74 Å². The Labute approximate surface area is 165 Å². The van der Waals surface area contributed by atoms with Crippen molar-refractivity contribution in [2.45, 2.75) is 77.2 Å². The lowest BCUT2D eigenvalue weighted by Crippen LogP contribution is -2.18. The molecule has 1 heteroatoms. The van der Waals surface area contributed by atoms with Crippen molar-refractivity contribution in [3.05, 3.63) is 65.2 Å². The smallest absolute Gasteiger partial charge is 0.123 e. The van der Waals surface area contributed by atoms with Gasteiger partial charge in [0.05, 0.1) is 0 Å². The molecule has 27 heavy (non-hydrogen) atoms. The zero-order valence-corrected chi connectivity index (χ0v) is 17.0. The van der Waals surface area contributed by atoms with Crippen LogP contribution in [0, 0.1) is 0 Å². The van der Waals surface area contributed by atoms with Gasteiger partial charge in [-0.25, -0.2) is 0 Å². The summed E-state index contributed by atoms with van der Waals surface area (Å²) in [6.45, 7) is 4.55. The van der Waals surface area contributed by atoms with Crippen LogP contribution in [0.25, 0.3) is 12.2 Å². The van der Waals surface area contributed by atoms with E-state index in [1.807, 2.05) is 0 Å². The van der Waals surface area contributed by atoms with Crippen molar-refractivity contribution in [1.29, 1.82) is 0 Å². The van der Waals surface area contributed by atoms with E-state index in [2.05, 4.69) is 74.5 Å². The number of hydrogen-bond acceptors (Lipinski definition) is 1. The van der Waals surface area contributed by atoms with E-state index in [0.717, 1.165) is 5.75 Å². The minimum Gasteiger partial charge on any atom is -0.489 e. The molecule has 3 rings (SSSR count). The molecule has 2 unspecified atom stereocenters. The van der Waals surface area contributed by atoms with Crippen molar-refractivity contribution in [3.8, 4) is 5.75 Å². The molecule has 144 valence electrons. The van der Waals surface area contributed by atoms with Crippen LogP contribution < -0.4 is 4.74 Å². The molecule has 0 bridgehead atoms. The molecule has 0 aromatic heterocycles. The SMILES string of the molecule is CCCCCC1Oc2ccc(C=Cc3ccccc3)cc2C1CCCCC. The van der Waals surface area contributed by atoms with Gasteiger partial charge in [0, 0.05) is 11.5 Å². The van der Waals surface area contributed by atoms with Gasteiger partial charge in [0.15, 0.2) is 0 Å². The molecule has 1 aliphatic rings. The van der Waals surface area contributed by atoms with Crippen LogP contribution in [-0.4, -0.2) is 6.10 Å². The van der Waals surface area contributed by atoms with E-state index >= 15 is 0 Å². The maximum Gasteiger partial charge on any atom is 0.123 e. The molecular weight excluding hydrogens is 328 g/mol. The van der Waals surface area contributed by atoms with Gasteiger partial charge in [0.1, 0.15) is 11.9 Å². The molecule has 0 amide bonds. The second-order valence-electron chi connectivity index (χ2n) is 7.80. The summed E-state index contributed by atoms with van der Waals surface area (Å²) in [5, 5.41) is 0. The molecular formula is C26H34O. The molecule has 0 fully saturated rings. The van der Waals surface area contributed by atoms with E-state index in [4.69, 9.17) is 4.74 Å². The summed E-state index contributed by atoms with van der Waals surface area (Å²) >= 11 is 0. The minimum atomic E-state index is 0.372. The van der Waals surface area contributed by atoms with Crippen molar-refractivity contribution in [1.82, 2.24) is 0 Å². The number of ether oxygens (including phenoxy) is 1. The van der Waals surface area contributed by atoms with Crippen LogP contribution in [-0.2, 0) is 0 Å². The summed E-state index contributed by atoms with van der Waals surface area (Å²) in [4.78, 5) is 0. The van der Waals surface area contributed by atoms with Crippen LogP contribution in [0.2, 0.25) is 0 Å². The zero-order valence-electron chi connectivity index (χ0n) is 17.0. The molecule has 1 heterocycles. The topological polar surface area (TPSA) is 9.23 Å². The molecule has 2 aromatic carbocycles. The van der Waals surface area contributed by atoms with Crippen molar-refractivity contribution in [2.75, 3.05) is 0 Å². The Hall–Kier alpha value is -2.02. The maximum atomic E-state index is 6.39. The third-order valence-corrected chi connectivity index (χ3v) is 5.64. The zero-order chi connectivity index (χ0) is 18.9. The normalized spacial score (nSPS) is 18.6. The Morgan fingerprint density at radius 2 is 1.48 bits per heavy atom. The summed E-state index contributed by atoms with van der Waals surface area (Å²) in [6.07, 6.45) is 15.0. The number of rotatable bonds is 10. The van der Waals surface area contributed by atoms with Gasteiger partial charge in [0.2, 0.25) is 0 Å². The van der Waals surface area contributed by atoms with Gasteiger partial charge in [-0.3, -0.25) is 0 Å². The Balaban J connectivity index is 1.75. The Kier molecular flexibility index (Phi) is 7.56. The highest BCUT2D eigenvalue weighted by Crippen LogP contribution is 2.43. The van der Waals surface area contributed by atoms with Crippen LogP contribution in [0.1, 0.15) is 87.8 Å². The largest absolute Gasteiger partial charge is 0.489 e. The van der Waals surface area contributed by atoms with Gasteiger partial charge in [-0.1, -0.05) is 94.5 Å². The van der Waals surface area contributed by atoms with Gasteiger partial charge in [0.25, 0.3) is 0 Å². The summed E-state index contributed by atoms with van der Waals surface area (Å²) in [5.41, 5.74) is 3.95. The summed E-state index contributed by atoms with van der Waals surface area (Å²) < 4.78 is 6.39. The second kappa shape index (κ2) is 10.3. The van der Waals surface area contributed by atoms with E-state index < -0.39 is 0 Å². The first-order chi connectivity index (χ1) is 13.3. The minimum absolute atomic E-state index is 0.372. The van der Waals surface area contributed by atoms with Gasteiger partial charge >= 0.3 is 0 Å². The lowest BCUT2D eigenvalue weighted by molar-refractivity contribution is 0.184. The first-order valence-corrected chi connectivity index (χ1v) is 10.9. The molecule has 0 aliphatic carbocycles. The van der Waals surface area contributed by atoms with Crippen molar-refractivity contribution < 1.29 is 4.74 Å². The number of hydrogen-bond donors (Lipinski definition) is 0. The van der Waals surface area contributed by atoms with Crippen LogP contribution in [0.3, 0.4) is 0 Å². The van der Waals surface area contributed by atoms with Gasteiger partial charge in [-0.2, -0.15) is 0 Å². The summed E-state index contributed by atoms with van der Waals surface area (Å²) in [6, 6.07) is 17.3. The van der Waals surface area contributed by atoms with Crippen LogP contribution in [0.15, 0.2) is 48.5 Å². The molecule has 0 N–H and O–H groups in total. The molecule has 1 aliphatic heterocycles. The fourth-order valence-electron chi connectivity index (χ4n) is 4.08. The van der Waals surface area contributed by atoms with E-state index in [1.165, 1.54) is 68.1 Å². The maximum absolute atomic E-state index is 6.39. The van der Waals surface area contributed by atoms with Crippen molar-refractivity contribution in [2.24, 2.45) is 0 Å². The average Bonchev–Trinajstić information content (AvgIpc) is 3.04. The third-order valence-electron chi connectivity index (χ3n) is 5.64. The highest BCUT2D eigenvalue weighted by Gasteiger charge is 2.33. The molecule has 2 atom stereocenters.